The van der Waals surface area contributed by atoms with Gasteiger partial charge in [0.2, 0.25) is 0 Å². The van der Waals surface area contributed by atoms with Crippen LogP contribution in [0.15, 0.2) is 60.2 Å². The van der Waals surface area contributed by atoms with Gasteiger partial charge in [0.1, 0.15) is 0 Å². The molecular formula is C31H40N2O2. The predicted octanol–water partition coefficient (Wildman–Crippen LogP) is 6.19. The Morgan fingerprint density at radius 3 is 2.40 bits per heavy atom. The number of esters is 1. The van der Waals surface area contributed by atoms with Crippen LogP contribution in [0.5, 0.6) is 0 Å². The number of ether oxygens (including phenoxy) is 1. The molecule has 1 N–H and O–H groups in total. The Morgan fingerprint density at radius 2 is 1.77 bits per heavy atom. The maximum atomic E-state index is 12.0. The summed E-state index contributed by atoms with van der Waals surface area (Å²) in [6.07, 6.45) is 6.10. The molecule has 0 unspecified atom stereocenters. The van der Waals surface area contributed by atoms with Gasteiger partial charge in [-0.3, -0.25) is 0 Å². The highest BCUT2D eigenvalue weighted by Gasteiger charge is 2.58. The van der Waals surface area contributed by atoms with E-state index < -0.39 is 0 Å². The van der Waals surface area contributed by atoms with E-state index in [-0.39, 0.29) is 5.97 Å². The number of fused-ring (bicyclic) bond motifs is 2. The lowest BCUT2D eigenvalue weighted by molar-refractivity contribution is -0.0768. The quantitative estimate of drug-likeness (QED) is 0.509. The van der Waals surface area contributed by atoms with Crippen molar-refractivity contribution in [1.82, 2.24) is 5.32 Å². The highest BCUT2D eigenvalue weighted by Crippen LogP contribution is 2.63. The second-order valence-corrected chi connectivity index (χ2v) is 11.3. The molecule has 4 atom stereocenters. The first-order chi connectivity index (χ1) is 16.9. The van der Waals surface area contributed by atoms with E-state index in [4.69, 9.17) is 4.74 Å². The number of carbonyl (C=O) groups excluding carboxylic acids is 1. The average molecular weight is 473 g/mol. The molecule has 6 rings (SSSR count). The molecule has 186 valence electrons. The number of piperidine rings is 1. The molecule has 4 aliphatic rings. The van der Waals surface area contributed by atoms with Gasteiger partial charge in [-0.25, -0.2) is 4.79 Å². The van der Waals surface area contributed by atoms with E-state index in [1.807, 2.05) is 19.1 Å². The van der Waals surface area contributed by atoms with Gasteiger partial charge in [0.15, 0.2) is 0 Å². The lowest BCUT2D eigenvalue weighted by atomic mass is 9.43. The minimum atomic E-state index is -0.246. The van der Waals surface area contributed by atoms with Crippen LogP contribution in [-0.2, 0) is 4.74 Å². The molecule has 0 aromatic heterocycles. The van der Waals surface area contributed by atoms with Gasteiger partial charge in [-0.2, -0.15) is 0 Å². The van der Waals surface area contributed by atoms with Crippen molar-refractivity contribution in [2.75, 3.05) is 24.6 Å². The van der Waals surface area contributed by atoms with Gasteiger partial charge in [-0.15, -0.1) is 0 Å². The Labute approximate surface area is 210 Å². The number of carbonyl (C=O) groups is 1. The minimum Gasteiger partial charge on any atom is -0.462 e. The van der Waals surface area contributed by atoms with Crippen molar-refractivity contribution < 1.29 is 9.53 Å². The fourth-order valence-corrected chi connectivity index (χ4v) is 6.93. The van der Waals surface area contributed by atoms with Crippen LogP contribution in [0.25, 0.3) is 6.08 Å². The topological polar surface area (TPSA) is 41.6 Å². The summed E-state index contributed by atoms with van der Waals surface area (Å²) in [6.45, 7) is 11.7. The molecule has 0 amide bonds. The van der Waals surface area contributed by atoms with E-state index in [9.17, 15) is 4.79 Å². The van der Waals surface area contributed by atoms with Crippen LogP contribution >= 0.6 is 0 Å². The molecular weight excluding hydrogens is 432 g/mol. The smallest absolute Gasteiger partial charge is 0.338 e. The Morgan fingerprint density at radius 1 is 1.09 bits per heavy atom. The number of anilines is 1. The lowest BCUT2D eigenvalue weighted by Gasteiger charge is -2.63. The summed E-state index contributed by atoms with van der Waals surface area (Å²) in [5.74, 6) is 1.89. The van der Waals surface area contributed by atoms with Crippen LogP contribution in [0.3, 0.4) is 0 Å². The Hall–Kier alpha value is -2.59. The molecule has 3 aliphatic carbocycles. The standard InChI is InChI=1S/C31H40N2O2/c1-5-35-30(34)23-11-13-25(14-12-23)33-17-15-24(16-18-33)32-29-21(2)27-20-28(31(27,3)4)26(29)19-22-9-7-6-8-10-22/h6-14,19,21,24,27-29,32H,5,15-18,20H2,1-4H3/t21-,27-,28-,29-/m0/s1. The van der Waals surface area contributed by atoms with Gasteiger partial charge < -0.3 is 15.0 Å². The molecule has 0 spiro atoms. The normalized spacial score (nSPS) is 29.0. The van der Waals surface area contributed by atoms with Crippen molar-refractivity contribution in [2.45, 2.75) is 59.0 Å². The van der Waals surface area contributed by atoms with E-state index >= 15 is 0 Å². The van der Waals surface area contributed by atoms with Gasteiger partial charge in [-0.1, -0.05) is 57.2 Å². The molecule has 4 nitrogen and oxygen atoms in total. The van der Waals surface area contributed by atoms with Crippen molar-refractivity contribution in [3.63, 3.8) is 0 Å². The summed E-state index contributed by atoms with van der Waals surface area (Å²) in [6, 6.07) is 19.7. The van der Waals surface area contributed by atoms with Crippen LogP contribution in [-0.4, -0.2) is 37.7 Å². The molecule has 35 heavy (non-hydrogen) atoms. The summed E-state index contributed by atoms with van der Waals surface area (Å²) in [5, 5.41) is 4.13. The maximum Gasteiger partial charge on any atom is 0.338 e. The molecule has 1 aliphatic heterocycles. The first kappa shape index (κ1) is 24.1. The molecule has 2 bridgehead atoms. The number of nitrogens with one attached hydrogen (secondary N) is 1. The van der Waals surface area contributed by atoms with Crippen LogP contribution in [0.1, 0.15) is 62.9 Å². The fraction of sp³-hybridized carbons (Fsp3) is 0.516. The molecule has 0 radical (unpaired) electrons. The van der Waals surface area contributed by atoms with Crippen molar-refractivity contribution in [3.8, 4) is 0 Å². The molecule has 4 fully saturated rings. The Balaban J connectivity index is 1.25. The molecule has 1 saturated heterocycles. The lowest BCUT2D eigenvalue weighted by Crippen LogP contribution is -2.63. The highest BCUT2D eigenvalue weighted by molar-refractivity contribution is 5.89. The van der Waals surface area contributed by atoms with E-state index in [2.05, 4.69) is 79.5 Å². The number of hydrogen-bond acceptors (Lipinski definition) is 4. The highest BCUT2D eigenvalue weighted by atomic mass is 16.5. The zero-order valence-corrected chi connectivity index (χ0v) is 21.7. The van der Waals surface area contributed by atoms with Crippen LogP contribution in [0.2, 0.25) is 0 Å². The van der Waals surface area contributed by atoms with Crippen LogP contribution in [0, 0.1) is 23.2 Å². The molecule has 3 saturated carbocycles. The number of nitrogens with zero attached hydrogens (tertiary/aromatic N) is 1. The van der Waals surface area contributed by atoms with Crippen LogP contribution < -0.4 is 10.2 Å². The predicted molar refractivity (Wildman–Crippen MR) is 144 cm³/mol. The van der Waals surface area contributed by atoms with Gasteiger partial charge in [0, 0.05) is 30.9 Å². The number of benzene rings is 2. The van der Waals surface area contributed by atoms with Gasteiger partial charge in [0.05, 0.1) is 12.2 Å². The van der Waals surface area contributed by atoms with E-state index in [0.717, 1.165) is 31.8 Å². The van der Waals surface area contributed by atoms with Crippen molar-refractivity contribution >= 4 is 17.7 Å². The zero-order chi connectivity index (χ0) is 24.6. The van der Waals surface area contributed by atoms with Gasteiger partial charge >= 0.3 is 5.97 Å². The third kappa shape index (κ3) is 4.65. The Bertz CT molecular complexity index is 1050. The minimum absolute atomic E-state index is 0.246. The van der Waals surface area contributed by atoms with Crippen molar-refractivity contribution in [3.05, 3.63) is 71.3 Å². The van der Waals surface area contributed by atoms with E-state index in [1.165, 1.54) is 17.7 Å². The fourth-order valence-electron chi connectivity index (χ4n) is 6.93. The van der Waals surface area contributed by atoms with Crippen molar-refractivity contribution in [2.24, 2.45) is 23.2 Å². The SMILES string of the molecule is CCOC(=O)c1ccc(N2CCC(N[C@@H]3C(=Cc4ccccc4)[C@@H]4C[C@@H]([C@@H]3C)C4(C)C)CC2)cc1. The number of hydrogen-bond donors (Lipinski definition) is 1. The average Bonchev–Trinajstić information content (AvgIpc) is 2.87. The second kappa shape index (κ2) is 9.81. The molecule has 1 heterocycles. The van der Waals surface area contributed by atoms with E-state index in [1.54, 1.807) is 5.57 Å². The van der Waals surface area contributed by atoms with Gasteiger partial charge in [-0.05, 0) is 84.8 Å². The first-order valence-corrected chi connectivity index (χ1v) is 13.4. The van der Waals surface area contributed by atoms with Crippen molar-refractivity contribution in [1.29, 1.82) is 0 Å². The molecule has 2 aromatic carbocycles. The third-order valence-electron chi connectivity index (χ3n) is 9.05. The maximum absolute atomic E-state index is 12.0. The summed E-state index contributed by atoms with van der Waals surface area (Å²) < 4.78 is 5.11. The third-order valence-corrected chi connectivity index (χ3v) is 9.05. The first-order valence-electron chi connectivity index (χ1n) is 13.4. The second-order valence-electron chi connectivity index (χ2n) is 11.3. The molecule has 2 aromatic rings. The number of rotatable bonds is 6. The summed E-state index contributed by atoms with van der Waals surface area (Å²) in [5.41, 5.74) is 5.15. The van der Waals surface area contributed by atoms with E-state index in [0.29, 0.717) is 41.5 Å². The van der Waals surface area contributed by atoms with Crippen LogP contribution in [0.4, 0.5) is 5.69 Å². The zero-order valence-electron chi connectivity index (χ0n) is 21.7. The van der Waals surface area contributed by atoms with Gasteiger partial charge in [0.25, 0.3) is 0 Å². The monoisotopic (exact) mass is 472 g/mol. The summed E-state index contributed by atoms with van der Waals surface area (Å²) >= 11 is 0. The molecule has 4 heteroatoms. The summed E-state index contributed by atoms with van der Waals surface area (Å²) in [4.78, 5) is 14.4. The summed E-state index contributed by atoms with van der Waals surface area (Å²) in [7, 11) is 0. The Kier molecular flexibility index (Phi) is 6.76. The largest absolute Gasteiger partial charge is 0.462 e.